The summed E-state index contributed by atoms with van der Waals surface area (Å²) in [6.45, 7) is 0. The number of aromatic nitrogens is 4. The van der Waals surface area contributed by atoms with Crippen molar-refractivity contribution in [3.63, 3.8) is 0 Å². The van der Waals surface area contributed by atoms with Gasteiger partial charge in [0.15, 0.2) is 5.75 Å². The molecule has 0 aliphatic rings. The monoisotopic (exact) mass is 272 g/mol. The van der Waals surface area contributed by atoms with E-state index in [1.165, 1.54) is 0 Å². The fourth-order valence-corrected chi connectivity index (χ4v) is 2.47. The highest BCUT2D eigenvalue weighted by Gasteiger charge is 2.24. The molecule has 2 aromatic heterocycles. The van der Waals surface area contributed by atoms with Crippen molar-refractivity contribution in [1.82, 2.24) is 19.6 Å². The molecular formula is C14H16N4O2. The molecule has 0 bridgehead atoms. The zero-order chi connectivity index (χ0) is 14.3. The van der Waals surface area contributed by atoms with E-state index < -0.39 is 6.10 Å². The van der Waals surface area contributed by atoms with Crippen LogP contribution in [0.15, 0.2) is 30.5 Å². The maximum Gasteiger partial charge on any atom is 0.163 e. The van der Waals surface area contributed by atoms with E-state index in [9.17, 15) is 5.11 Å². The third kappa shape index (κ3) is 1.77. The van der Waals surface area contributed by atoms with Crippen LogP contribution < -0.4 is 4.74 Å². The second kappa shape index (κ2) is 4.64. The van der Waals surface area contributed by atoms with Gasteiger partial charge in [-0.25, -0.2) is 0 Å². The molecule has 2 heterocycles. The Labute approximate surface area is 116 Å². The number of hydrogen-bond donors (Lipinski definition) is 1. The van der Waals surface area contributed by atoms with Gasteiger partial charge in [-0.05, 0) is 6.07 Å². The predicted molar refractivity (Wildman–Crippen MR) is 74.5 cm³/mol. The smallest absolute Gasteiger partial charge is 0.163 e. The molecule has 6 heteroatoms. The van der Waals surface area contributed by atoms with Crippen molar-refractivity contribution >= 4 is 10.9 Å². The van der Waals surface area contributed by atoms with Gasteiger partial charge in [-0.15, -0.1) is 0 Å². The lowest BCUT2D eigenvalue weighted by atomic mass is 10.1. The quantitative estimate of drug-likeness (QED) is 0.782. The Morgan fingerprint density at radius 3 is 2.70 bits per heavy atom. The molecule has 0 saturated carbocycles. The second-order valence-electron chi connectivity index (χ2n) is 4.65. The Kier molecular flexibility index (Phi) is 2.94. The Balaban J connectivity index is 2.18. The minimum absolute atomic E-state index is 0.551. The predicted octanol–water partition coefficient (Wildman–Crippen LogP) is 1.40. The molecule has 0 saturated heterocycles. The molecule has 0 radical (unpaired) electrons. The van der Waals surface area contributed by atoms with Gasteiger partial charge in [0.25, 0.3) is 0 Å². The standard InChI is InChI=1S/C14H16N4O2/c1-17-10-7-5-4-6-9(10)12(16-17)14(19)13-11(20-3)8-15-18(13)2/h4-8,14,19H,1-3H3. The molecule has 1 N–H and O–H groups in total. The second-order valence-corrected chi connectivity index (χ2v) is 4.65. The molecule has 1 unspecified atom stereocenters. The highest BCUT2D eigenvalue weighted by molar-refractivity contribution is 5.82. The Morgan fingerprint density at radius 1 is 1.20 bits per heavy atom. The maximum absolute atomic E-state index is 10.7. The van der Waals surface area contributed by atoms with Gasteiger partial charge in [-0.1, -0.05) is 18.2 Å². The third-order valence-corrected chi connectivity index (χ3v) is 3.47. The van der Waals surface area contributed by atoms with E-state index in [1.54, 1.807) is 29.7 Å². The van der Waals surface area contributed by atoms with Gasteiger partial charge in [0.05, 0.1) is 18.8 Å². The van der Waals surface area contributed by atoms with E-state index in [2.05, 4.69) is 10.2 Å². The van der Waals surface area contributed by atoms with Crippen LogP contribution >= 0.6 is 0 Å². The van der Waals surface area contributed by atoms with E-state index in [0.29, 0.717) is 17.1 Å². The van der Waals surface area contributed by atoms with Gasteiger partial charge in [0.1, 0.15) is 17.5 Å². The van der Waals surface area contributed by atoms with E-state index in [0.717, 1.165) is 10.9 Å². The van der Waals surface area contributed by atoms with Crippen LogP contribution in [0.3, 0.4) is 0 Å². The van der Waals surface area contributed by atoms with Crippen molar-refractivity contribution in [3.8, 4) is 5.75 Å². The molecule has 20 heavy (non-hydrogen) atoms. The summed E-state index contributed by atoms with van der Waals surface area (Å²) in [5.41, 5.74) is 2.17. The number of ether oxygens (including phenoxy) is 1. The molecule has 0 aliphatic heterocycles. The van der Waals surface area contributed by atoms with Gasteiger partial charge >= 0.3 is 0 Å². The lowest BCUT2D eigenvalue weighted by Crippen LogP contribution is -2.09. The van der Waals surface area contributed by atoms with Crippen molar-refractivity contribution in [1.29, 1.82) is 0 Å². The summed E-state index contributed by atoms with van der Waals surface area (Å²) in [7, 11) is 5.19. The maximum atomic E-state index is 10.7. The molecule has 0 aliphatic carbocycles. The molecule has 6 nitrogen and oxygen atoms in total. The van der Waals surface area contributed by atoms with E-state index in [4.69, 9.17) is 4.74 Å². The Morgan fingerprint density at radius 2 is 1.95 bits per heavy atom. The third-order valence-electron chi connectivity index (χ3n) is 3.47. The van der Waals surface area contributed by atoms with Gasteiger partial charge in [-0.2, -0.15) is 10.2 Å². The van der Waals surface area contributed by atoms with Crippen molar-refractivity contribution in [2.24, 2.45) is 14.1 Å². The van der Waals surface area contributed by atoms with Crippen LogP contribution in [0.2, 0.25) is 0 Å². The van der Waals surface area contributed by atoms with Gasteiger partial charge < -0.3 is 9.84 Å². The lowest BCUT2D eigenvalue weighted by molar-refractivity contribution is 0.200. The van der Waals surface area contributed by atoms with Crippen LogP contribution in [-0.2, 0) is 14.1 Å². The fourth-order valence-electron chi connectivity index (χ4n) is 2.47. The topological polar surface area (TPSA) is 65.1 Å². The number of aryl methyl sites for hydroxylation is 2. The number of aliphatic hydroxyl groups excluding tert-OH is 1. The SMILES string of the molecule is COc1cnn(C)c1C(O)c1nn(C)c2ccccc12. The van der Waals surface area contributed by atoms with E-state index in [-0.39, 0.29) is 0 Å². The average molecular weight is 272 g/mol. The summed E-state index contributed by atoms with van der Waals surface area (Å²) in [6.07, 6.45) is 0.701. The average Bonchev–Trinajstić information content (AvgIpc) is 3.00. The number of aliphatic hydroxyl groups is 1. The van der Waals surface area contributed by atoms with Crippen LogP contribution in [0.25, 0.3) is 10.9 Å². The summed E-state index contributed by atoms with van der Waals surface area (Å²) >= 11 is 0. The number of para-hydroxylation sites is 1. The van der Waals surface area contributed by atoms with E-state index in [1.807, 2.05) is 31.3 Å². The zero-order valence-corrected chi connectivity index (χ0v) is 11.6. The summed E-state index contributed by atoms with van der Waals surface area (Å²) in [5.74, 6) is 0.551. The lowest BCUT2D eigenvalue weighted by Gasteiger charge is -2.11. The Bertz CT molecular complexity index is 760. The highest BCUT2D eigenvalue weighted by Crippen LogP contribution is 2.32. The Hall–Kier alpha value is -2.34. The first-order valence-corrected chi connectivity index (χ1v) is 6.29. The molecule has 3 aromatic rings. The zero-order valence-electron chi connectivity index (χ0n) is 11.6. The van der Waals surface area contributed by atoms with E-state index >= 15 is 0 Å². The highest BCUT2D eigenvalue weighted by atomic mass is 16.5. The molecule has 104 valence electrons. The first kappa shape index (κ1) is 12.7. The van der Waals surface area contributed by atoms with Gasteiger partial charge in [0.2, 0.25) is 0 Å². The minimum atomic E-state index is -0.886. The number of benzene rings is 1. The summed E-state index contributed by atoms with van der Waals surface area (Å²) in [5, 5.41) is 20.1. The number of nitrogens with zero attached hydrogens (tertiary/aromatic N) is 4. The molecule has 0 spiro atoms. The summed E-state index contributed by atoms with van der Waals surface area (Å²) in [4.78, 5) is 0. The molecule has 0 fully saturated rings. The number of rotatable bonds is 3. The largest absolute Gasteiger partial charge is 0.493 e. The van der Waals surface area contributed by atoms with Crippen LogP contribution in [0.1, 0.15) is 17.5 Å². The molecule has 3 rings (SSSR count). The first-order chi connectivity index (χ1) is 9.63. The van der Waals surface area contributed by atoms with Gasteiger partial charge in [-0.3, -0.25) is 9.36 Å². The van der Waals surface area contributed by atoms with Crippen molar-refractivity contribution < 1.29 is 9.84 Å². The number of methoxy groups -OCH3 is 1. The molecular weight excluding hydrogens is 256 g/mol. The first-order valence-electron chi connectivity index (χ1n) is 6.29. The molecule has 0 amide bonds. The number of hydrogen-bond acceptors (Lipinski definition) is 4. The normalized spacial score (nSPS) is 12.8. The summed E-state index contributed by atoms with van der Waals surface area (Å²) in [6, 6.07) is 7.80. The van der Waals surface area contributed by atoms with Crippen LogP contribution in [0, 0.1) is 0 Å². The molecule has 1 aromatic carbocycles. The molecule has 1 atom stereocenters. The van der Waals surface area contributed by atoms with Crippen LogP contribution in [0.4, 0.5) is 0 Å². The summed E-state index contributed by atoms with van der Waals surface area (Å²) < 4.78 is 8.61. The minimum Gasteiger partial charge on any atom is -0.493 e. The van der Waals surface area contributed by atoms with Crippen LogP contribution in [-0.4, -0.2) is 31.8 Å². The van der Waals surface area contributed by atoms with Crippen molar-refractivity contribution in [2.45, 2.75) is 6.10 Å². The number of fused-ring (bicyclic) bond motifs is 1. The van der Waals surface area contributed by atoms with Crippen molar-refractivity contribution in [3.05, 3.63) is 41.9 Å². The van der Waals surface area contributed by atoms with Gasteiger partial charge in [0, 0.05) is 19.5 Å². The van der Waals surface area contributed by atoms with Crippen LogP contribution in [0.5, 0.6) is 5.75 Å². The van der Waals surface area contributed by atoms with Crippen molar-refractivity contribution in [2.75, 3.05) is 7.11 Å². The fraction of sp³-hybridized carbons (Fsp3) is 0.286.